The van der Waals surface area contributed by atoms with Crippen LogP contribution in [0.3, 0.4) is 0 Å². The molecule has 0 aliphatic carbocycles. The molecule has 4 aromatic rings. The normalized spacial score (nSPS) is 11.2. The molecule has 0 aliphatic rings. The molecule has 3 heterocycles. The molecule has 0 saturated heterocycles. The zero-order chi connectivity index (χ0) is 15.1. The predicted molar refractivity (Wildman–Crippen MR) is 87.3 cm³/mol. The minimum atomic E-state index is 0.591. The maximum Gasteiger partial charge on any atom is 0.235 e. The van der Waals surface area contributed by atoms with Gasteiger partial charge in [-0.05, 0) is 30.3 Å². The van der Waals surface area contributed by atoms with Crippen molar-refractivity contribution in [2.45, 2.75) is 0 Å². The van der Waals surface area contributed by atoms with E-state index in [1.54, 1.807) is 28.9 Å². The van der Waals surface area contributed by atoms with Crippen molar-refractivity contribution in [2.75, 3.05) is 0 Å². The number of hydrogen-bond acceptors (Lipinski definition) is 5. The second-order valence-corrected chi connectivity index (χ2v) is 6.26. The van der Waals surface area contributed by atoms with Gasteiger partial charge in [0.15, 0.2) is 0 Å². The molecular formula is C14H7Cl2N5S. The third kappa shape index (κ3) is 2.25. The molecule has 0 fully saturated rings. The third-order valence-electron chi connectivity index (χ3n) is 3.04. The molecule has 1 aromatic carbocycles. The standard InChI is InChI=1S/C14H7Cl2N5S/c15-8-4-5-10(16)9(7-8)13-20-21-12(18-19-14(21)22-13)11-3-1-2-6-17-11/h1-7H. The molecule has 108 valence electrons. The van der Waals surface area contributed by atoms with Crippen LogP contribution in [0.2, 0.25) is 10.0 Å². The number of nitrogens with zero attached hydrogens (tertiary/aromatic N) is 5. The summed E-state index contributed by atoms with van der Waals surface area (Å²) in [4.78, 5) is 4.95. The Morgan fingerprint density at radius 1 is 1.05 bits per heavy atom. The molecule has 5 nitrogen and oxygen atoms in total. The average molecular weight is 348 g/mol. The first-order valence-electron chi connectivity index (χ1n) is 6.31. The van der Waals surface area contributed by atoms with Crippen LogP contribution < -0.4 is 0 Å². The molecule has 0 bridgehead atoms. The SMILES string of the molecule is Clc1ccc(Cl)c(-c2nn3c(-c4ccccn4)nnc3s2)c1. The summed E-state index contributed by atoms with van der Waals surface area (Å²) >= 11 is 13.7. The second-order valence-electron chi connectivity index (χ2n) is 4.46. The van der Waals surface area contributed by atoms with Gasteiger partial charge in [-0.15, -0.1) is 10.2 Å². The molecule has 0 unspecified atom stereocenters. The predicted octanol–water partition coefficient (Wildman–Crippen LogP) is 4.22. The lowest BCUT2D eigenvalue weighted by Gasteiger charge is -2.00. The lowest BCUT2D eigenvalue weighted by molar-refractivity contribution is 0.962. The average Bonchev–Trinajstić information content (AvgIpc) is 3.10. The molecule has 0 amide bonds. The Bertz CT molecular complexity index is 964. The zero-order valence-electron chi connectivity index (χ0n) is 10.9. The highest BCUT2D eigenvalue weighted by atomic mass is 35.5. The van der Waals surface area contributed by atoms with E-state index < -0.39 is 0 Å². The second kappa shape index (κ2) is 5.31. The molecule has 0 radical (unpaired) electrons. The van der Waals surface area contributed by atoms with Gasteiger partial charge in [-0.3, -0.25) is 4.98 Å². The lowest BCUT2D eigenvalue weighted by atomic mass is 10.2. The number of benzene rings is 1. The van der Waals surface area contributed by atoms with Crippen LogP contribution in [0.15, 0.2) is 42.6 Å². The van der Waals surface area contributed by atoms with Crippen LogP contribution in [0.25, 0.3) is 27.1 Å². The summed E-state index contributed by atoms with van der Waals surface area (Å²) < 4.78 is 1.67. The fourth-order valence-electron chi connectivity index (χ4n) is 2.04. The van der Waals surface area contributed by atoms with E-state index in [0.717, 1.165) is 10.6 Å². The molecule has 4 rings (SSSR count). The highest BCUT2D eigenvalue weighted by Crippen LogP contribution is 2.34. The van der Waals surface area contributed by atoms with Crippen LogP contribution in [-0.4, -0.2) is 24.8 Å². The van der Waals surface area contributed by atoms with Gasteiger partial charge >= 0.3 is 0 Å². The zero-order valence-corrected chi connectivity index (χ0v) is 13.3. The summed E-state index contributed by atoms with van der Waals surface area (Å²) in [6.45, 7) is 0. The Morgan fingerprint density at radius 2 is 1.95 bits per heavy atom. The first kappa shape index (κ1) is 13.6. The van der Waals surface area contributed by atoms with Crippen molar-refractivity contribution in [1.82, 2.24) is 24.8 Å². The summed E-state index contributed by atoms with van der Waals surface area (Å²) in [5, 5.41) is 14.8. The molecule has 0 N–H and O–H groups in total. The number of aromatic nitrogens is 5. The monoisotopic (exact) mass is 347 g/mol. The fraction of sp³-hybridized carbons (Fsp3) is 0. The van der Waals surface area contributed by atoms with Crippen molar-refractivity contribution in [1.29, 1.82) is 0 Å². The van der Waals surface area contributed by atoms with Crippen LogP contribution in [0.5, 0.6) is 0 Å². The number of hydrogen-bond donors (Lipinski definition) is 0. The van der Waals surface area contributed by atoms with E-state index in [-0.39, 0.29) is 0 Å². The number of fused-ring (bicyclic) bond motifs is 1. The fourth-order valence-corrected chi connectivity index (χ4v) is 3.35. The molecule has 0 aliphatic heterocycles. The molecule has 22 heavy (non-hydrogen) atoms. The molecule has 0 spiro atoms. The van der Waals surface area contributed by atoms with E-state index in [0.29, 0.717) is 26.5 Å². The summed E-state index contributed by atoms with van der Waals surface area (Å²) in [5.41, 5.74) is 1.49. The van der Waals surface area contributed by atoms with E-state index in [4.69, 9.17) is 23.2 Å². The molecule has 3 aromatic heterocycles. The van der Waals surface area contributed by atoms with Gasteiger partial charge in [0.25, 0.3) is 0 Å². The first-order chi connectivity index (χ1) is 10.7. The van der Waals surface area contributed by atoms with Gasteiger partial charge in [-0.25, -0.2) is 0 Å². The smallest absolute Gasteiger partial charge is 0.235 e. The van der Waals surface area contributed by atoms with Gasteiger partial charge in [0, 0.05) is 16.8 Å². The van der Waals surface area contributed by atoms with E-state index in [1.807, 2.05) is 18.2 Å². The number of halogens is 2. The molecular weight excluding hydrogens is 341 g/mol. The van der Waals surface area contributed by atoms with Gasteiger partial charge in [-0.1, -0.05) is 40.6 Å². The maximum atomic E-state index is 6.23. The Balaban J connectivity index is 1.89. The largest absolute Gasteiger partial charge is 0.253 e. The van der Waals surface area contributed by atoms with Crippen LogP contribution in [0, 0.1) is 0 Å². The Hall–Kier alpha value is -2.02. The quantitative estimate of drug-likeness (QED) is 0.544. The van der Waals surface area contributed by atoms with Gasteiger partial charge in [-0.2, -0.15) is 9.61 Å². The van der Waals surface area contributed by atoms with Crippen molar-refractivity contribution >= 4 is 39.5 Å². The van der Waals surface area contributed by atoms with E-state index in [1.165, 1.54) is 11.3 Å². The molecule has 0 saturated carbocycles. The lowest BCUT2D eigenvalue weighted by Crippen LogP contribution is -1.92. The molecule has 0 atom stereocenters. The van der Waals surface area contributed by atoms with E-state index in [9.17, 15) is 0 Å². The van der Waals surface area contributed by atoms with Crippen molar-refractivity contribution in [3.05, 3.63) is 52.6 Å². The minimum absolute atomic E-state index is 0.591. The van der Waals surface area contributed by atoms with Crippen LogP contribution in [0.4, 0.5) is 0 Å². The summed E-state index contributed by atoms with van der Waals surface area (Å²) in [5.74, 6) is 0.594. The third-order valence-corrected chi connectivity index (χ3v) is 4.54. The van der Waals surface area contributed by atoms with E-state index in [2.05, 4.69) is 20.3 Å². The van der Waals surface area contributed by atoms with Gasteiger partial charge in [0.2, 0.25) is 10.8 Å². The van der Waals surface area contributed by atoms with Crippen molar-refractivity contribution in [3.63, 3.8) is 0 Å². The van der Waals surface area contributed by atoms with Crippen LogP contribution >= 0.6 is 34.5 Å². The first-order valence-corrected chi connectivity index (χ1v) is 7.89. The van der Waals surface area contributed by atoms with Crippen molar-refractivity contribution in [2.24, 2.45) is 0 Å². The Kier molecular flexibility index (Phi) is 3.29. The maximum absolute atomic E-state index is 6.23. The van der Waals surface area contributed by atoms with Gasteiger partial charge < -0.3 is 0 Å². The van der Waals surface area contributed by atoms with Crippen molar-refractivity contribution in [3.8, 4) is 22.1 Å². The summed E-state index contributed by atoms with van der Waals surface area (Å²) in [6.07, 6.45) is 1.71. The summed E-state index contributed by atoms with van der Waals surface area (Å²) in [6, 6.07) is 10.9. The van der Waals surface area contributed by atoms with Crippen LogP contribution in [0.1, 0.15) is 0 Å². The Labute approximate surface area is 139 Å². The number of pyridine rings is 1. The van der Waals surface area contributed by atoms with Gasteiger partial charge in [0.1, 0.15) is 10.7 Å². The highest BCUT2D eigenvalue weighted by molar-refractivity contribution is 7.19. The minimum Gasteiger partial charge on any atom is -0.253 e. The summed E-state index contributed by atoms with van der Waals surface area (Å²) in [7, 11) is 0. The number of rotatable bonds is 2. The Morgan fingerprint density at radius 3 is 2.77 bits per heavy atom. The highest BCUT2D eigenvalue weighted by Gasteiger charge is 2.16. The van der Waals surface area contributed by atoms with Crippen LogP contribution in [-0.2, 0) is 0 Å². The molecule has 8 heteroatoms. The van der Waals surface area contributed by atoms with E-state index >= 15 is 0 Å². The van der Waals surface area contributed by atoms with Crippen molar-refractivity contribution < 1.29 is 0 Å². The van der Waals surface area contributed by atoms with Gasteiger partial charge in [0.05, 0.1) is 5.02 Å². The topological polar surface area (TPSA) is 56.0 Å².